The van der Waals surface area contributed by atoms with Crippen LogP contribution in [0.1, 0.15) is 15.9 Å². The third kappa shape index (κ3) is 5.52. The maximum atomic E-state index is 13.6. The molecule has 3 aromatic carbocycles. The van der Waals surface area contributed by atoms with E-state index in [1.165, 1.54) is 6.07 Å². The van der Waals surface area contributed by atoms with Crippen LogP contribution in [0.25, 0.3) is 0 Å². The Morgan fingerprint density at radius 3 is 2.29 bits per heavy atom. The van der Waals surface area contributed by atoms with Gasteiger partial charge < -0.3 is 10.1 Å². The molecule has 5 nitrogen and oxygen atoms in total. The lowest BCUT2D eigenvalue weighted by Crippen LogP contribution is -2.43. The topological polar surface area (TPSA) is 62.4 Å². The first kappa shape index (κ1) is 19.3. The van der Waals surface area contributed by atoms with Crippen molar-refractivity contribution in [3.8, 4) is 5.75 Å². The van der Waals surface area contributed by atoms with Crippen LogP contribution in [0, 0.1) is 5.82 Å². The molecule has 28 heavy (non-hydrogen) atoms. The van der Waals surface area contributed by atoms with Gasteiger partial charge in [-0.15, -0.1) is 0 Å². The highest BCUT2D eigenvalue weighted by Gasteiger charge is 2.07. The third-order valence-electron chi connectivity index (χ3n) is 3.78. The summed E-state index contributed by atoms with van der Waals surface area (Å²) in [6.45, 7) is 0.448. The van der Waals surface area contributed by atoms with Crippen molar-refractivity contribution < 1.29 is 13.9 Å². The summed E-state index contributed by atoms with van der Waals surface area (Å²) in [5.41, 5.74) is 6.70. The molecule has 0 aliphatic rings. The number of amides is 1. The molecule has 0 saturated carbocycles. The van der Waals surface area contributed by atoms with E-state index in [1.807, 2.05) is 30.3 Å². The molecule has 0 unspecified atom stereocenters. The number of nitrogens with one attached hydrogen (secondary N) is 3. The van der Waals surface area contributed by atoms with Gasteiger partial charge in [0.1, 0.15) is 18.2 Å². The summed E-state index contributed by atoms with van der Waals surface area (Å²) in [6.07, 6.45) is 0. The minimum atomic E-state index is -0.441. The highest BCUT2D eigenvalue weighted by atomic mass is 32.1. The molecule has 0 spiro atoms. The second-order valence-corrected chi connectivity index (χ2v) is 6.22. The molecule has 0 aliphatic heterocycles. The molecule has 0 heterocycles. The number of hydrogen-bond acceptors (Lipinski definition) is 3. The number of carbonyl (C=O) groups is 1. The van der Waals surface area contributed by atoms with Crippen molar-refractivity contribution >= 4 is 28.9 Å². The van der Waals surface area contributed by atoms with Gasteiger partial charge in [0, 0.05) is 5.56 Å². The molecular formula is C21H18FN3O2S. The van der Waals surface area contributed by atoms with Crippen molar-refractivity contribution in [1.29, 1.82) is 0 Å². The standard InChI is InChI=1S/C21H18FN3O2S/c22-18-8-4-5-9-19(18)23-21(28)25-24-20(26)16-10-12-17(13-11-16)27-14-15-6-2-1-3-7-15/h1-13H,14H2,(H,24,26)(H2,23,25,28). The monoisotopic (exact) mass is 395 g/mol. The molecule has 0 bridgehead atoms. The van der Waals surface area contributed by atoms with Gasteiger partial charge in [0.25, 0.3) is 5.91 Å². The maximum Gasteiger partial charge on any atom is 0.269 e. The first-order chi connectivity index (χ1) is 13.6. The van der Waals surface area contributed by atoms with E-state index in [0.29, 0.717) is 17.9 Å². The molecule has 0 radical (unpaired) electrons. The number of rotatable bonds is 5. The van der Waals surface area contributed by atoms with E-state index < -0.39 is 5.82 Å². The van der Waals surface area contributed by atoms with Gasteiger partial charge in [0.2, 0.25) is 0 Å². The van der Waals surface area contributed by atoms with Crippen molar-refractivity contribution in [2.24, 2.45) is 0 Å². The van der Waals surface area contributed by atoms with Gasteiger partial charge in [0.05, 0.1) is 5.69 Å². The summed E-state index contributed by atoms with van der Waals surface area (Å²) in [4.78, 5) is 12.2. The van der Waals surface area contributed by atoms with Crippen molar-refractivity contribution in [3.63, 3.8) is 0 Å². The van der Waals surface area contributed by atoms with Gasteiger partial charge in [-0.25, -0.2) is 4.39 Å². The minimum Gasteiger partial charge on any atom is -0.489 e. The zero-order chi connectivity index (χ0) is 19.8. The Labute approximate surface area is 167 Å². The van der Waals surface area contributed by atoms with E-state index in [4.69, 9.17) is 17.0 Å². The molecule has 7 heteroatoms. The fourth-order valence-corrected chi connectivity index (χ4v) is 2.51. The number of carbonyl (C=O) groups excluding carboxylic acids is 1. The van der Waals surface area contributed by atoms with Crippen molar-refractivity contribution in [3.05, 3.63) is 95.8 Å². The Morgan fingerprint density at radius 1 is 0.893 bits per heavy atom. The lowest BCUT2D eigenvalue weighted by atomic mass is 10.2. The first-order valence-electron chi connectivity index (χ1n) is 8.50. The second kappa shape index (κ2) is 9.48. The quantitative estimate of drug-likeness (QED) is 0.450. The van der Waals surface area contributed by atoms with Crippen LogP contribution >= 0.6 is 12.2 Å². The van der Waals surface area contributed by atoms with Gasteiger partial charge in [0.15, 0.2) is 5.11 Å². The highest BCUT2D eigenvalue weighted by molar-refractivity contribution is 7.80. The summed E-state index contributed by atoms with van der Waals surface area (Å²) in [5, 5.41) is 2.74. The molecule has 3 rings (SSSR count). The predicted molar refractivity (Wildman–Crippen MR) is 110 cm³/mol. The van der Waals surface area contributed by atoms with Crippen LogP contribution in [0.3, 0.4) is 0 Å². The molecule has 0 saturated heterocycles. The Balaban J connectivity index is 1.47. The fourth-order valence-electron chi connectivity index (χ4n) is 2.35. The Bertz CT molecular complexity index is 949. The van der Waals surface area contributed by atoms with E-state index in [1.54, 1.807) is 42.5 Å². The maximum absolute atomic E-state index is 13.6. The first-order valence-corrected chi connectivity index (χ1v) is 8.91. The van der Waals surface area contributed by atoms with Crippen LogP contribution in [-0.4, -0.2) is 11.0 Å². The van der Waals surface area contributed by atoms with Gasteiger partial charge in [-0.2, -0.15) is 0 Å². The van der Waals surface area contributed by atoms with Crippen LogP contribution in [0.15, 0.2) is 78.9 Å². The molecule has 1 amide bonds. The van der Waals surface area contributed by atoms with Gasteiger partial charge in [-0.3, -0.25) is 15.6 Å². The van der Waals surface area contributed by atoms with Gasteiger partial charge >= 0.3 is 0 Å². The zero-order valence-corrected chi connectivity index (χ0v) is 15.6. The number of benzene rings is 3. The molecule has 142 valence electrons. The number of hydrazine groups is 1. The summed E-state index contributed by atoms with van der Waals surface area (Å²) in [7, 11) is 0. The van der Waals surface area contributed by atoms with Crippen molar-refractivity contribution in [2.75, 3.05) is 5.32 Å². The van der Waals surface area contributed by atoms with Crippen LogP contribution in [-0.2, 0) is 6.61 Å². The number of anilines is 1. The molecular weight excluding hydrogens is 377 g/mol. The summed E-state index contributed by atoms with van der Waals surface area (Å²) >= 11 is 5.04. The van der Waals surface area contributed by atoms with Crippen LogP contribution in [0.4, 0.5) is 10.1 Å². The SMILES string of the molecule is O=C(NNC(=S)Nc1ccccc1F)c1ccc(OCc2ccccc2)cc1. The molecule has 0 aliphatic carbocycles. The summed E-state index contributed by atoms with van der Waals surface area (Å²) in [6, 6.07) is 22.6. The number of halogens is 1. The lowest BCUT2D eigenvalue weighted by Gasteiger charge is -2.12. The van der Waals surface area contributed by atoms with Crippen molar-refractivity contribution in [1.82, 2.24) is 10.9 Å². The van der Waals surface area contributed by atoms with Crippen LogP contribution in [0.2, 0.25) is 0 Å². The van der Waals surface area contributed by atoms with E-state index in [-0.39, 0.29) is 16.7 Å². The fraction of sp³-hybridized carbons (Fsp3) is 0.0476. The Kier molecular flexibility index (Phi) is 6.54. The number of para-hydroxylation sites is 1. The predicted octanol–water partition coefficient (Wildman–Crippen LogP) is 4.04. The average molecular weight is 395 g/mol. The molecule has 0 fully saturated rings. The average Bonchev–Trinajstić information content (AvgIpc) is 2.73. The van der Waals surface area contributed by atoms with Crippen molar-refractivity contribution in [2.45, 2.75) is 6.61 Å². The molecule has 0 aromatic heterocycles. The third-order valence-corrected chi connectivity index (χ3v) is 3.98. The number of ether oxygens (including phenoxy) is 1. The highest BCUT2D eigenvalue weighted by Crippen LogP contribution is 2.14. The number of thiocarbonyl (C=S) groups is 1. The van der Waals surface area contributed by atoms with Gasteiger partial charge in [-0.05, 0) is 54.2 Å². The zero-order valence-electron chi connectivity index (χ0n) is 14.8. The molecule has 3 N–H and O–H groups in total. The van der Waals surface area contributed by atoms with Crippen LogP contribution in [0.5, 0.6) is 5.75 Å². The van der Waals surface area contributed by atoms with Gasteiger partial charge in [-0.1, -0.05) is 42.5 Å². The Morgan fingerprint density at radius 2 is 1.57 bits per heavy atom. The normalized spacial score (nSPS) is 10.0. The van der Waals surface area contributed by atoms with E-state index in [2.05, 4.69) is 16.2 Å². The molecule has 0 atom stereocenters. The lowest BCUT2D eigenvalue weighted by molar-refractivity contribution is 0.0944. The number of hydrogen-bond donors (Lipinski definition) is 3. The smallest absolute Gasteiger partial charge is 0.269 e. The summed E-state index contributed by atoms with van der Waals surface area (Å²) in [5.74, 6) is -0.165. The minimum absolute atomic E-state index is 0.0706. The largest absolute Gasteiger partial charge is 0.489 e. The van der Waals surface area contributed by atoms with Crippen LogP contribution < -0.4 is 20.9 Å². The molecule has 3 aromatic rings. The summed E-state index contributed by atoms with van der Waals surface area (Å²) < 4.78 is 19.3. The second-order valence-electron chi connectivity index (χ2n) is 5.81. The van der Waals surface area contributed by atoms with E-state index >= 15 is 0 Å². The van der Waals surface area contributed by atoms with E-state index in [9.17, 15) is 9.18 Å². The Hall–Kier alpha value is -3.45. The van der Waals surface area contributed by atoms with E-state index in [0.717, 1.165) is 5.56 Å².